The number of carbonyl (C=O) groups is 1. The summed E-state index contributed by atoms with van der Waals surface area (Å²) in [5.41, 5.74) is 1.09. The van der Waals surface area contributed by atoms with Crippen molar-refractivity contribution in [3.8, 4) is 0 Å². The quantitative estimate of drug-likeness (QED) is 0.473. The molecule has 1 aliphatic carbocycles. The summed E-state index contributed by atoms with van der Waals surface area (Å²) >= 11 is 0. The van der Waals surface area contributed by atoms with E-state index in [1.54, 1.807) is 6.92 Å². The molecule has 0 aromatic carbocycles. The van der Waals surface area contributed by atoms with E-state index in [1.165, 1.54) is 32.1 Å². The molecule has 0 aliphatic heterocycles. The van der Waals surface area contributed by atoms with Gasteiger partial charge in [-0.15, -0.1) is 0 Å². The van der Waals surface area contributed by atoms with Crippen molar-refractivity contribution >= 4 is 14.3 Å². The maximum atomic E-state index is 12.4. The van der Waals surface area contributed by atoms with E-state index < -0.39 is 8.32 Å². The number of hydrogen-bond donors (Lipinski definition) is 0. The van der Waals surface area contributed by atoms with Crippen LogP contribution in [0.4, 0.5) is 0 Å². The SMILES string of the molecule is C=C(C)C(=O)O[Si](C1CCCCC1)(C(C)(C)C)C(C)(C)C. The molecule has 0 unspecified atom stereocenters. The van der Waals surface area contributed by atoms with Crippen molar-refractivity contribution in [1.82, 2.24) is 0 Å². The van der Waals surface area contributed by atoms with E-state index in [4.69, 9.17) is 4.43 Å². The molecule has 0 aromatic rings. The van der Waals surface area contributed by atoms with Crippen LogP contribution in [-0.2, 0) is 9.22 Å². The first-order chi connectivity index (χ1) is 9.43. The van der Waals surface area contributed by atoms with Crippen LogP contribution in [0.2, 0.25) is 15.6 Å². The molecule has 2 nitrogen and oxygen atoms in total. The van der Waals surface area contributed by atoms with Gasteiger partial charge in [-0.25, -0.2) is 4.79 Å². The highest BCUT2D eigenvalue weighted by Gasteiger charge is 2.62. The Bertz CT molecular complexity index is 378. The monoisotopic (exact) mass is 310 g/mol. The highest BCUT2D eigenvalue weighted by atomic mass is 28.4. The standard InChI is InChI=1S/C18H34O2Si/c1-14(2)16(19)20-21(17(3,4)5,18(6,7)8)15-12-10-9-11-13-15/h15H,1,9-13H2,2-8H3. The highest BCUT2D eigenvalue weighted by molar-refractivity contribution is 6.82. The number of hydrogen-bond acceptors (Lipinski definition) is 2. The molecule has 0 saturated heterocycles. The maximum Gasteiger partial charge on any atom is 0.319 e. The van der Waals surface area contributed by atoms with Crippen LogP contribution in [0, 0.1) is 0 Å². The zero-order valence-corrected chi connectivity index (χ0v) is 16.1. The lowest BCUT2D eigenvalue weighted by molar-refractivity contribution is -0.131. The molecule has 0 bridgehead atoms. The first-order valence-electron chi connectivity index (χ1n) is 8.32. The summed E-state index contributed by atoms with van der Waals surface area (Å²) in [5, 5.41) is 0.0523. The van der Waals surface area contributed by atoms with Crippen LogP contribution in [-0.4, -0.2) is 14.3 Å². The van der Waals surface area contributed by atoms with Gasteiger partial charge in [0.15, 0.2) is 0 Å². The van der Waals surface area contributed by atoms with E-state index in [0.717, 1.165) is 0 Å². The third-order valence-electron chi connectivity index (χ3n) is 5.01. The lowest BCUT2D eigenvalue weighted by Gasteiger charge is -2.54. The van der Waals surface area contributed by atoms with Crippen LogP contribution in [0.5, 0.6) is 0 Å². The van der Waals surface area contributed by atoms with Gasteiger partial charge in [0.1, 0.15) is 0 Å². The second kappa shape index (κ2) is 6.27. The molecule has 3 heteroatoms. The third kappa shape index (κ3) is 3.61. The molecular formula is C18H34O2Si. The van der Waals surface area contributed by atoms with Gasteiger partial charge in [0.25, 0.3) is 8.32 Å². The Morgan fingerprint density at radius 2 is 1.43 bits per heavy atom. The van der Waals surface area contributed by atoms with Crippen LogP contribution < -0.4 is 0 Å². The predicted octanol–water partition coefficient (Wildman–Crippen LogP) is 5.99. The Labute approximate surface area is 132 Å². The molecule has 21 heavy (non-hydrogen) atoms. The van der Waals surface area contributed by atoms with Crippen molar-refractivity contribution in [2.24, 2.45) is 0 Å². The molecule has 1 saturated carbocycles. The maximum absolute atomic E-state index is 12.4. The fourth-order valence-corrected chi connectivity index (χ4v) is 11.6. The van der Waals surface area contributed by atoms with Crippen LogP contribution in [0.25, 0.3) is 0 Å². The summed E-state index contributed by atoms with van der Waals surface area (Å²) in [6.07, 6.45) is 6.30. The molecule has 122 valence electrons. The number of carbonyl (C=O) groups excluding carboxylic acids is 1. The van der Waals surface area contributed by atoms with Gasteiger partial charge in [0.05, 0.1) is 0 Å². The Balaban J connectivity index is 3.35. The van der Waals surface area contributed by atoms with Crippen molar-refractivity contribution in [3.63, 3.8) is 0 Å². The lowest BCUT2D eigenvalue weighted by Crippen LogP contribution is -2.59. The number of rotatable bonds is 3. The molecular weight excluding hydrogens is 276 g/mol. The average molecular weight is 311 g/mol. The molecule has 1 aliphatic rings. The van der Waals surface area contributed by atoms with Crippen LogP contribution >= 0.6 is 0 Å². The zero-order chi connectivity index (χ0) is 16.5. The zero-order valence-electron chi connectivity index (χ0n) is 15.1. The van der Waals surface area contributed by atoms with E-state index in [-0.39, 0.29) is 16.0 Å². The molecule has 1 fully saturated rings. The Hall–Kier alpha value is -0.573. The normalized spacial score (nSPS) is 18.4. The molecule has 0 spiro atoms. The van der Waals surface area contributed by atoms with Gasteiger partial charge in [-0.1, -0.05) is 67.4 Å². The second-order valence-corrected chi connectivity index (χ2v) is 14.2. The molecule has 0 N–H and O–H groups in total. The van der Waals surface area contributed by atoms with Crippen molar-refractivity contribution in [2.75, 3.05) is 0 Å². The molecule has 0 heterocycles. The van der Waals surface area contributed by atoms with Gasteiger partial charge in [0, 0.05) is 5.57 Å². The van der Waals surface area contributed by atoms with Crippen LogP contribution in [0.1, 0.15) is 80.6 Å². The first-order valence-corrected chi connectivity index (χ1v) is 10.3. The summed E-state index contributed by atoms with van der Waals surface area (Å²) < 4.78 is 6.37. The van der Waals surface area contributed by atoms with Gasteiger partial charge in [-0.2, -0.15) is 0 Å². The molecule has 0 amide bonds. The van der Waals surface area contributed by atoms with E-state index in [9.17, 15) is 4.79 Å². The molecule has 0 atom stereocenters. The van der Waals surface area contributed by atoms with Gasteiger partial charge < -0.3 is 4.43 Å². The molecule has 0 aromatic heterocycles. The van der Waals surface area contributed by atoms with E-state index >= 15 is 0 Å². The van der Waals surface area contributed by atoms with E-state index in [0.29, 0.717) is 11.1 Å². The average Bonchev–Trinajstić information content (AvgIpc) is 2.33. The van der Waals surface area contributed by atoms with Gasteiger partial charge in [-0.05, 0) is 35.4 Å². The van der Waals surface area contributed by atoms with Crippen molar-refractivity contribution in [3.05, 3.63) is 12.2 Å². The molecule has 1 rings (SSSR count). The summed E-state index contributed by atoms with van der Waals surface area (Å²) in [7, 11) is -2.33. The van der Waals surface area contributed by atoms with E-state index in [2.05, 4.69) is 48.1 Å². The van der Waals surface area contributed by atoms with Gasteiger partial charge >= 0.3 is 5.97 Å². The Kier molecular flexibility index (Phi) is 5.52. The third-order valence-corrected chi connectivity index (χ3v) is 11.7. The minimum absolute atomic E-state index is 0.0262. The van der Waals surface area contributed by atoms with Crippen molar-refractivity contribution in [1.29, 1.82) is 0 Å². The Morgan fingerprint density at radius 1 is 1.00 bits per heavy atom. The van der Waals surface area contributed by atoms with Gasteiger partial charge in [-0.3, -0.25) is 0 Å². The summed E-state index contributed by atoms with van der Waals surface area (Å²) in [6.45, 7) is 19.2. The lowest BCUT2D eigenvalue weighted by atomic mass is 10.00. The van der Waals surface area contributed by atoms with Crippen molar-refractivity contribution in [2.45, 2.75) is 96.2 Å². The van der Waals surface area contributed by atoms with Crippen molar-refractivity contribution < 1.29 is 9.22 Å². The summed E-state index contributed by atoms with van der Waals surface area (Å²) in [4.78, 5) is 12.4. The minimum atomic E-state index is -2.33. The molecule has 0 radical (unpaired) electrons. The fourth-order valence-electron chi connectivity index (χ4n) is 4.48. The van der Waals surface area contributed by atoms with Gasteiger partial charge in [0.2, 0.25) is 0 Å². The summed E-state index contributed by atoms with van der Waals surface area (Å²) in [5.74, 6) is -0.183. The minimum Gasteiger partial charge on any atom is -0.514 e. The smallest absolute Gasteiger partial charge is 0.319 e. The highest BCUT2D eigenvalue weighted by Crippen LogP contribution is 2.60. The summed E-state index contributed by atoms with van der Waals surface area (Å²) in [6, 6.07) is 0. The van der Waals surface area contributed by atoms with E-state index in [1.807, 2.05) is 0 Å². The largest absolute Gasteiger partial charge is 0.514 e. The van der Waals surface area contributed by atoms with Crippen LogP contribution in [0.3, 0.4) is 0 Å². The first kappa shape index (κ1) is 18.5. The fraction of sp³-hybridized carbons (Fsp3) is 0.833. The second-order valence-electron chi connectivity index (χ2n) is 8.74. The predicted molar refractivity (Wildman–Crippen MR) is 92.9 cm³/mol. The Morgan fingerprint density at radius 3 is 1.76 bits per heavy atom. The topological polar surface area (TPSA) is 26.3 Å². The van der Waals surface area contributed by atoms with Crippen LogP contribution in [0.15, 0.2) is 12.2 Å².